The number of fused-ring (bicyclic) bond motifs is 1. The minimum Gasteiger partial charge on any atom is -0.461 e. The van der Waals surface area contributed by atoms with E-state index in [9.17, 15) is 4.79 Å². The summed E-state index contributed by atoms with van der Waals surface area (Å²) in [6, 6.07) is 14.0. The van der Waals surface area contributed by atoms with Crippen molar-refractivity contribution >= 4 is 40.2 Å². The first-order valence-corrected chi connectivity index (χ1v) is 9.76. The van der Waals surface area contributed by atoms with Crippen molar-refractivity contribution in [1.29, 1.82) is 0 Å². The van der Waals surface area contributed by atoms with Gasteiger partial charge in [0, 0.05) is 20.8 Å². The maximum Gasteiger partial charge on any atom is 0.355 e. The van der Waals surface area contributed by atoms with E-state index in [2.05, 4.69) is 50.0 Å². The molecule has 0 aliphatic rings. The third kappa shape index (κ3) is 3.92. The van der Waals surface area contributed by atoms with Crippen molar-refractivity contribution in [3.05, 3.63) is 58.7 Å². The number of esters is 1. The van der Waals surface area contributed by atoms with E-state index in [0.717, 1.165) is 20.7 Å². The number of aromatic amines is 1. The summed E-state index contributed by atoms with van der Waals surface area (Å²) in [5, 5.41) is 1.56. The summed E-state index contributed by atoms with van der Waals surface area (Å²) in [6.07, 6.45) is 0. The van der Waals surface area contributed by atoms with Crippen LogP contribution in [0.4, 0.5) is 0 Å². The Morgan fingerprint density at radius 3 is 2.46 bits per heavy atom. The lowest BCUT2D eigenvalue weighted by Crippen LogP contribution is -2.10. The fourth-order valence-electron chi connectivity index (χ4n) is 2.73. The maximum atomic E-state index is 12.4. The van der Waals surface area contributed by atoms with E-state index in [1.807, 2.05) is 18.2 Å². The lowest BCUT2D eigenvalue weighted by molar-refractivity contribution is 0.0516. The summed E-state index contributed by atoms with van der Waals surface area (Å²) in [4.78, 5) is 17.5. The number of carbonyl (C=O) groups is 1. The van der Waals surface area contributed by atoms with Gasteiger partial charge in [-0.05, 0) is 48.2 Å². The normalized spacial score (nSPS) is 11.7. The molecule has 26 heavy (non-hydrogen) atoms. The van der Waals surface area contributed by atoms with Gasteiger partial charge in [-0.1, -0.05) is 56.3 Å². The van der Waals surface area contributed by atoms with Crippen LogP contribution in [0.1, 0.15) is 43.7 Å². The van der Waals surface area contributed by atoms with Crippen LogP contribution in [-0.4, -0.2) is 17.6 Å². The van der Waals surface area contributed by atoms with Crippen LogP contribution >= 0.6 is 23.4 Å². The molecule has 0 aliphatic carbocycles. The standard InChI is InChI=1S/C21H22ClNO2S/c1-5-25-20(24)18-19(16-12-14(22)8-11-17(16)23-18)26-15-9-6-13(7-10-15)21(2,3)4/h6-12,23H,5H2,1-4H3. The van der Waals surface area contributed by atoms with Crippen LogP contribution in [0.25, 0.3) is 10.9 Å². The van der Waals surface area contributed by atoms with Crippen molar-refractivity contribution in [2.75, 3.05) is 6.61 Å². The first-order chi connectivity index (χ1) is 12.3. The molecule has 1 heterocycles. The van der Waals surface area contributed by atoms with Crippen molar-refractivity contribution in [1.82, 2.24) is 4.98 Å². The molecule has 136 valence electrons. The second kappa shape index (κ2) is 7.37. The van der Waals surface area contributed by atoms with Gasteiger partial charge in [-0.2, -0.15) is 0 Å². The fourth-order valence-corrected chi connectivity index (χ4v) is 3.93. The molecular formula is C21H22ClNO2S. The molecule has 5 heteroatoms. The zero-order chi connectivity index (χ0) is 18.9. The molecule has 1 aromatic heterocycles. The molecule has 0 aliphatic heterocycles. The predicted octanol–water partition coefficient (Wildman–Crippen LogP) is 6.45. The van der Waals surface area contributed by atoms with Gasteiger partial charge in [-0.15, -0.1) is 0 Å². The Bertz CT molecular complexity index is 939. The monoisotopic (exact) mass is 387 g/mol. The van der Waals surface area contributed by atoms with Crippen molar-refractivity contribution in [3.8, 4) is 0 Å². The quantitative estimate of drug-likeness (QED) is 0.523. The predicted molar refractivity (Wildman–Crippen MR) is 109 cm³/mol. The topological polar surface area (TPSA) is 42.1 Å². The Kier molecular flexibility index (Phi) is 5.35. The summed E-state index contributed by atoms with van der Waals surface area (Å²) in [7, 11) is 0. The third-order valence-corrected chi connectivity index (χ3v) is 5.50. The number of aromatic nitrogens is 1. The smallest absolute Gasteiger partial charge is 0.355 e. The number of nitrogens with one attached hydrogen (secondary N) is 1. The molecule has 0 spiro atoms. The van der Waals surface area contributed by atoms with Crippen LogP contribution in [-0.2, 0) is 10.2 Å². The zero-order valence-corrected chi connectivity index (χ0v) is 16.9. The Balaban J connectivity index is 2.03. The van der Waals surface area contributed by atoms with Gasteiger partial charge in [-0.25, -0.2) is 4.79 Å². The van der Waals surface area contributed by atoms with Crippen LogP contribution in [0.3, 0.4) is 0 Å². The van der Waals surface area contributed by atoms with Gasteiger partial charge in [0.15, 0.2) is 0 Å². The number of hydrogen-bond acceptors (Lipinski definition) is 3. The van der Waals surface area contributed by atoms with Crippen LogP contribution in [0.2, 0.25) is 5.02 Å². The molecule has 0 atom stereocenters. The van der Waals surface area contributed by atoms with Crippen molar-refractivity contribution in [3.63, 3.8) is 0 Å². The molecule has 3 aromatic rings. The van der Waals surface area contributed by atoms with Gasteiger partial charge in [0.2, 0.25) is 0 Å². The van der Waals surface area contributed by atoms with E-state index in [0.29, 0.717) is 17.3 Å². The number of rotatable bonds is 4. The van der Waals surface area contributed by atoms with E-state index >= 15 is 0 Å². The molecule has 0 radical (unpaired) electrons. The second-order valence-electron chi connectivity index (χ2n) is 7.12. The number of carbonyl (C=O) groups excluding carboxylic acids is 1. The van der Waals surface area contributed by atoms with E-state index in [-0.39, 0.29) is 11.4 Å². The lowest BCUT2D eigenvalue weighted by Gasteiger charge is -2.19. The molecule has 3 rings (SSSR count). The highest BCUT2D eigenvalue weighted by Gasteiger charge is 2.20. The number of H-pyrrole nitrogens is 1. The maximum absolute atomic E-state index is 12.4. The van der Waals surface area contributed by atoms with Crippen molar-refractivity contribution < 1.29 is 9.53 Å². The van der Waals surface area contributed by atoms with Crippen LogP contribution in [0, 0.1) is 0 Å². The zero-order valence-electron chi connectivity index (χ0n) is 15.4. The van der Waals surface area contributed by atoms with E-state index < -0.39 is 0 Å². The first-order valence-electron chi connectivity index (χ1n) is 8.56. The Morgan fingerprint density at radius 1 is 1.15 bits per heavy atom. The average molecular weight is 388 g/mol. The van der Waals surface area contributed by atoms with Gasteiger partial charge in [0.1, 0.15) is 5.69 Å². The molecule has 3 nitrogen and oxygen atoms in total. The Morgan fingerprint density at radius 2 is 1.85 bits per heavy atom. The largest absolute Gasteiger partial charge is 0.461 e. The Hall–Kier alpha value is -1.91. The molecule has 2 aromatic carbocycles. The molecule has 0 unspecified atom stereocenters. The summed E-state index contributed by atoms with van der Waals surface area (Å²) >= 11 is 7.72. The molecule has 1 N–H and O–H groups in total. The summed E-state index contributed by atoms with van der Waals surface area (Å²) < 4.78 is 5.21. The van der Waals surface area contributed by atoms with Crippen molar-refractivity contribution in [2.45, 2.75) is 42.9 Å². The van der Waals surface area contributed by atoms with Crippen LogP contribution < -0.4 is 0 Å². The molecule has 0 bridgehead atoms. The summed E-state index contributed by atoms with van der Waals surface area (Å²) in [5.41, 5.74) is 2.71. The highest BCUT2D eigenvalue weighted by Crippen LogP contribution is 2.38. The van der Waals surface area contributed by atoms with Gasteiger partial charge >= 0.3 is 5.97 Å². The van der Waals surface area contributed by atoms with Gasteiger partial charge in [0.05, 0.1) is 11.5 Å². The number of hydrogen-bond donors (Lipinski definition) is 1. The minimum atomic E-state index is -0.353. The number of ether oxygens (including phenoxy) is 1. The Labute approximate surface area is 163 Å². The summed E-state index contributed by atoms with van der Waals surface area (Å²) in [5.74, 6) is -0.353. The van der Waals surface area contributed by atoms with E-state index in [1.54, 1.807) is 18.7 Å². The van der Waals surface area contributed by atoms with Gasteiger partial charge in [0.25, 0.3) is 0 Å². The number of halogens is 1. The lowest BCUT2D eigenvalue weighted by atomic mass is 9.87. The van der Waals surface area contributed by atoms with Crippen LogP contribution in [0.5, 0.6) is 0 Å². The highest BCUT2D eigenvalue weighted by molar-refractivity contribution is 7.99. The third-order valence-electron chi connectivity index (χ3n) is 4.13. The molecular weight excluding hydrogens is 366 g/mol. The van der Waals surface area contributed by atoms with E-state index in [1.165, 1.54) is 5.56 Å². The van der Waals surface area contributed by atoms with Crippen molar-refractivity contribution in [2.24, 2.45) is 0 Å². The fraction of sp³-hybridized carbons (Fsp3) is 0.286. The molecule has 0 saturated carbocycles. The second-order valence-corrected chi connectivity index (χ2v) is 8.64. The first kappa shape index (κ1) is 18.9. The van der Waals surface area contributed by atoms with Gasteiger partial charge in [-0.3, -0.25) is 0 Å². The average Bonchev–Trinajstić information content (AvgIpc) is 2.93. The van der Waals surface area contributed by atoms with Gasteiger partial charge < -0.3 is 9.72 Å². The molecule has 0 amide bonds. The minimum absolute atomic E-state index is 0.105. The SMILES string of the molecule is CCOC(=O)c1[nH]c2ccc(Cl)cc2c1Sc1ccc(C(C)(C)C)cc1. The van der Waals surface area contributed by atoms with Crippen LogP contribution in [0.15, 0.2) is 52.3 Å². The molecule has 0 fully saturated rings. The number of benzene rings is 2. The molecule has 0 saturated heterocycles. The highest BCUT2D eigenvalue weighted by atomic mass is 35.5. The van der Waals surface area contributed by atoms with E-state index in [4.69, 9.17) is 16.3 Å². The summed E-state index contributed by atoms with van der Waals surface area (Å²) in [6.45, 7) is 8.70.